The van der Waals surface area contributed by atoms with Crippen LogP contribution in [0.3, 0.4) is 0 Å². The lowest BCUT2D eigenvalue weighted by Gasteiger charge is -2.27. The predicted octanol–water partition coefficient (Wildman–Crippen LogP) is 3.09. The monoisotopic (exact) mass is 297 g/mol. The van der Waals surface area contributed by atoms with E-state index in [-0.39, 0.29) is 6.04 Å². The highest BCUT2D eigenvalue weighted by Crippen LogP contribution is 2.24. The first-order valence-electron chi connectivity index (χ1n) is 6.96. The number of hydrogen-bond acceptors (Lipinski definition) is 3. The van der Waals surface area contributed by atoms with E-state index in [4.69, 9.17) is 0 Å². The summed E-state index contributed by atoms with van der Waals surface area (Å²) in [6.07, 6.45) is 1.29. The molecule has 0 fully saturated rings. The Kier molecular flexibility index (Phi) is 5.03. The van der Waals surface area contributed by atoms with Crippen molar-refractivity contribution in [2.45, 2.75) is 52.3 Å². The van der Waals surface area contributed by atoms with E-state index in [1.165, 1.54) is 28.5 Å². The van der Waals surface area contributed by atoms with Crippen LogP contribution in [-0.2, 0) is 9.84 Å². The third-order valence-corrected chi connectivity index (χ3v) is 6.16. The standard InChI is InChI=1S/C16H27NO2S/c1-11-8-12(2)15(13(3)9-11)14(4)17-10-16(5,6)20(7,18)19/h8-9,14,17H,10H2,1-7H3. The lowest BCUT2D eigenvalue weighted by molar-refractivity contribution is 0.487. The van der Waals surface area contributed by atoms with Crippen LogP contribution in [-0.4, -0.2) is 26.0 Å². The molecule has 1 N–H and O–H groups in total. The van der Waals surface area contributed by atoms with Gasteiger partial charge in [-0.25, -0.2) is 8.42 Å². The summed E-state index contributed by atoms with van der Waals surface area (Å²) in [6, 6.07) is 4.47. The van der Waals surface area contributed by atoms with Crippen molar-refractivity contribution >= 4 is 9.84 Å². The number of aryl methyl sites for hydroxylation is 3. The number of hydrogen-bond donors (Lipinski definition) is 1. The Morgan fingerprint density at radius 1 is 1.15 bits per heavy atom. The molecule has 1 rings (SSSR count). The average molecular weight is 297 g/mol. The Labute approximate surface area is 123 Å². The van der Waals surface area contributed by atoms with Gasteiger partial charge in [0, 0.05) is 18.8 Å². The number of nitrogens with one attached hydrogen (secondary N) is 1. The maximum Gasteiger partial charge on any atom is 0.153 e. The molecule has 0 aliphatic carbocycles. The lowest BCUT2D eigenvalue weighted by atomic mass is 9.94. The molecule has 1 aromatic carbocycles. The topological polar surface area (TPSA) is 46.2 Å². The van der Waals surface area contributed by atoms with Crippen molar-refractivity contribution < 1.29 is 8.42 Å². The number of rotatable bonds is 5. The van der Waals surface area contributed by atoms with Gasteiger partial charge in [-0.2, -0.15) is 0 Å². The van der Waals surface area contributed by atoms with E-state index < -0.39 is 14.6 Å². The van der Waals surface area contributed by atoms with E-state index in [1.54, 1.807) is 13.8 Å². The van der Waals surface area contributed by atoms with Gasteiger partial charge in [-0.1, -0.05) is 17.7 Å². The smallest absolute Gasteiger partial charge is 0.153 e. The summed E-state index contributed by atoms with van der Waals surface area (Å²) >= 11 is 0. The van der Waals surface area contributed by atoms with Crippen LogP contribution in [0.4, 0.5) is 0 Å². The molecule has 1 atom stereocenters. The summed E-state index contributed by atoms with van der Waals surface area (Å²) in [5.74, 6) is 0. The van der Waals surface area contributed by atoms with Crippen molar-refractivity contribution in [3.63, 3.8) is 0 Å². The summed E-state index contributed by atoms with van der Waals surface area (Å²) in [4.78, 5) is 0. The molecule has 4 heteroatoms. The molecule has 0 heterocycles. The van der Waals surface area contributed by atoms with Crippen molar-refractivity contribution in [2.24, 2.45) is 0 Å². The number of sulfone groups is 1. The first-order valence-corrected chi connectivity index (χ1v) is 8.85. The zero-order chi connectivity index (χ0) is 15.7. The molecule has 0 bridgehead atoms. The SMILES string of the molecule is Cc1cc(C)c(C(C)NCC(C)(C)S(C)(=O)=O)c(C)c1. The Balaban J connectivity index is 2.91. The van der Waals surface area contributed by atoms with Crippen LogP contribution in [0.25, 0.3) is 0 Å². The van der Waals surface area contributed by atoms with Gasteiger partial charge in [0.1, 0.15) is 0 Å². The van der Waals surface area contributed by atoms with Gasteiger partial charge < -0.3 is 5.32 Å². The Morgan fingerprint density at radius 3 is 2.00 bits per heavy atom. The quantitative estimate of drug-likeness (QED) is 0.908. The third-order valence-electron chi connectivity index (χ3n) is 4.01. The summed E-state index contributed by atoms with van der Waals surface area (Å²) < 4.78 is 22.7. The Bertz CT molecular complexity index is 565. The van der Waals surface area contributed by atoms with Gasteiger partial charge in [-0.05, 0) is 58.2 Å². The normalized spacial score (nSPS) is 14.3. The summed E-state index contributed by atoms with van der Waals surface area (Å²) in [6.45, 7) is 12.4. The molecule has 1 aromatic rings. The minimum atomic E-state index is -3.07. The predicted molar refractivity (Wildman–Crippen MR) is 86.0 cm³/mol. The molecule has 0 amide bonds. The lowest BCUT2D eigenvalue weighted by Crippen LogP contribution is -2.42. The first-order chi connectivity index (χ1) is 8.95. The summed E-state index contributed by atoms with van der Waals surface area (Å²) in [7, 11) is -3.07. The van der Waals surface area contributed by atoms with Gasteiger partial charge in [-0.15, -0.1) is 0 Å². The highest BCUT2D eigenvalue weighted by Gasteiger charge is 2.30. The van der Waals surface area contributed by atoms with Crippen molar-refractivity contribution in [3.8, 4) is 0 Å². The molecule has 1 unspecified atom stereocenters. The highest BCUT2D eigenvalue weighted by atomic mass is 32.2. The Morgan fingerprint density at radius 2 is 1.60 bits per heavy atom. The van der Waals surface area contributed by atoms with Crippen molar-refractivity contribution in [1.29, 1.82) is 0 Å². The maximum atomic E-state index is 11.7. The molecule has 3 nitrogen and oxygen atoms in total. The van der Waals surface area contributed by atoms with Crippen LogP contribution in [0.2, 0.25) is 0 Å². The van der Waals surface area contributed by atoms with Gasteiger partial charge in [0.2, 0.25) is 0 Å². The molecule has 0 radical (unpaired) electrons. The van der Waals surface area contributed by atoms with Gasteiger partial charge in [0.05, 0.1) is 4.75 Å². The van der Waals surface area contributed by atoms with E-state index in [2.05, 4.69) is 45.1 Å². The van der Waals surface area contributed by atoms with Crippen LogP contribution in [0, 0.1) is 20.8 Å². The second kappa shape index (κ2) is 5.86. The Hall–Kier alpha value is -0.870. The second-order valence-electron chi connectivity index (χ2n) is 6.45. The zero-order valence-electron chi connectivity index (χ0n) is 13.7. The van der Waals surface area contributed by atoms with Gasteiger partial charge in [0.25, 0.3) is 0 Å². The fourth-order valence-electron chi connectivity index (χ4n) is 2.51. The minimum Gasteiger partial charge on any atom is -0.309 e. The van der Waals surface area contributed by atoms with E-state index in [1.807, 2.05) is 0 Å². The molecule has 114 valence electrons. The molecular weight excluding hydrogens is 270 g/mol. The van der Waals surface area contributed by atoms with Crippen molar-refractivity contribution in [2.75, 3.05) is 12.8 Å². The molecular formula is C16H27NO2S. The van der Waals surface area contributed by atoms with Crippen LogP contribution in [0.15, 0.2) is 12.1 Å². The summed E-state index contributed by atoms with van der Waals surface area (Å²) in [5, 5.41) is 3.37. The summed E-state index contributed by atoms with van der Waals surface area (Å²) in [5.41, 5.74) is 5.02. The van der Waals surface area contributed by atoms with Gasteiger partial charge >= 0.3 is 0 Å². The van der Waals surface area contributed by atoms with Crippen LogP contribution >= 0.6 is 0 Å². The average Bonchev–Trinajstić information content (AvgIpc) is 2.23. The molecule has 0 saturated heterocycles. The van der Waals surface area contributed by atoms with E-state index in [0.29, 0.717) is 6.54 Å². The fraction of sp³-hybridized carbons (Fsp3) is 0.625. The maximum absolute atomic E-state index is 11.7. The molecule has 0 spiro atoms. The first kappa shape index (κ1) is 17.2. The van der Waals surface area contributed by atoms with E-state index in [0.717, 1.165) is 0 Å². The van der Waals surface area contributed by atoms with E-state index in [9.17, 15) is 8.42 Å². The van der Waals surface area contributed by atoms with Crippen molar-refractivity contribution in [3.05, 3.63) is 34.4 Å². The minimum absolute atomic E-state index is 0.136. The van der Waals surface area contributed by atoms with Gasteiger partial charge in [0.15, 0.2) is 9.84 Å². The van der Waals surface area contributed by atoms with E-state index >= 15 is 0 Å². The number of benzene rings is 1. The molecule has 0 aliphatic heterocycles. The van der Waals surface area contributed by atoms with Crippen LogP contribution in [0.5, 0.6) is 0 Å². The highest BCUT2D eigenvalue weighted by molar-refractivity contribution is 7.92. The van der Waals surface area contributed by atoms with Crippen LogP contribution in [0.1, 0.15) is 49.1 Å². The second-order valence-corrected chi connectivity index (χ2v) is 9.10. The molecule has 0 aliphatic rings. The molecule has 0 aromatic heterocycles. The third kappa shape index (κ3) is 3.83. The fourth-order valence-corrected chi connectivity index (χ4v) is 2.85. The molecule has 20 heavy (non-hydrogen) atoms. The van der Waals surface area contributed by atoms with Gasteiger partial charge in [-0.3, -0.25) is 0 Å². The van der Waals surface area contributed by atoms with Crippen molar-refractivity contribution in [1.82, 2.24) is 5.32 Å². The molecule has 0 saturated carbocycles. The van der Waals surface area contributed by atoms with Crippen LogP contribution < -0.4 is 5.32 Å². The largest absolute Gasteiger partial charge is 0.309 e. The zero-order valence-corrected chi connectivity index (χ0v) is 14.5.